The van der Waals surface area contributed by atoms with Crippen molar-refractivity contribution in [1.82, 2.24) is 9.78 Å². The molecule has 2 N–H and O–H groups in total. The number of aliphatic hydroxyl groups is 1. The van der Waals surface area contributed by atoms with Gasteiger partial charge in [0.2, 0.25) is 0 Å². The number of halogens is 1. The molecule has 1 atom stereocenters. The number of nitrogens with zero attached hydrogens (tertiary/aromatic N) is 2. The number of rotatable bonds is 2. The molecular formula is C6H9ClN2O3. The third-order valence-corrected chi connectivity index (χ3v) is 1.25. The number of carboxylic acids is 1. The van der Waals surface area contributed by atoms with E-state index in [0.29, 0.717) is 0 Å². The van der Waals surface area contributed by atoms with Gasteiger partial charge in [0, 0.05) is 13.2 Å². The van der Waals surface area contributed by atoms with Crippen molar-refractivity contribution in [2.24, 2.45) is 7.05 Å². The Kier molecular flexibility index (Phi) is 3.72. The Bertz CT molecular complexity index is 274. The Hall–Kier alpha value is -1.07. The molecule has 1 unspecified atom stereocenters. The predicted molar refractivity (Wildman–Crippen MR) is 43.1 cm³/mol. The van der Waals surface area contributed by atoms with Crippen LogP contribution in [0, 0.1) is 0 Å². The fourth-order valence-electron chi connectivity index (χ4n) is 0.705. The van der Waals surface area contributed by atoms with E-state index in [1.807, 2.05) is 0 Å². The number of aliphatic carboxylic acids is 1. The first-order chi connectivity index (χ1) is 5.11. The summed E-state index contributed by atoms with van der Waals surface area (Å²) in [7, 11) is 1.65. The number of aryl methyl sites for hydroxylation is 1. The lowest BCUT2D eigenvalue weighted by Gasteiger charge is -1.98. The molecule has 0 aliphatic carbocycles. The number of hydrogen-bond donors (Lipinski definition) is 2. The largest absolute Gasteiger partial charge is 0.479 e. The fourth-order valence-corrected chi connectivity index (χ4v) is 0.705. The van der Waals surface area contributed by atoms with Crippen LogP contribution in [0.3, 0.4) is 0 Å². The van der Waals surface area contributed by atoms with Gasteiger partial charge >= 0.3 is 5.97 Å². The van der Waals surface area contributed by atoms with Gasteiger partial charge in [0.25, 0.3) is 0 Å². The molecule has 0 bridgehead atoms. The number of hydrogen-bond acceptors (Lipinski definition) is 3. The van der Waals surface area contributed by atoms with Gasteiger partial charge in [-0.1, -0.05) is 0 Å². The van der Waals surface area contributed by atoms with E-state index in [1.54, 1.807) is 13.2 Å². The highest BCUT2D eigenvalue weighted by atomic mass is 35.5. The Labute approximate surface area is 75.0 Å². The molecule has 1 aromatic rings. The molecule has 1 heterocycles. The van der Waals surface area contributed by atoms with Gasteiger partial charge in [-0.2, -0.15) is 5.10 Å². The maximum absolute atomic E-state index is 10.2. The number of aromatic nitrogens is 2. The van der Waals surface area contributed by atoms with E-state index in [-0.39, 0.29) is 18.1 Å². The fraction of sp³-hybridized carbons (Fsp3) is 0.333. The Morgan fingerprint density at radius 1 is 1.75 bits per heavy atom. The molecule has 0 aromatic carbocycles. The maximum Gasteiger partial charge on any atom is 0.338 e. The summed E-state index contributed by atoms with van der Waals surface area (Å²) >= 11 is 0. The van der Waals surface area contributed by atoms with Crippen LogP contribution >= 0.6 is 12.4 Å². The lowest BCUT2D eigenvalue weighted by Crippen LogP contribution is -2.11. The van der Waals surface area contributed by atoms with Crippen LogP contribution in [0.25, 0.3) is 0 Å². The van der Waals surface area contributed by atoms with Crippen molar-refractivity contribution in [3.05, 3.63) is 18.0 Å². The Morgan fingerprint density at radius 3 is 2.67 bits per heavy atom. The number of carboxylic acid groups (broad SMARTS) is 1. The van der Waals surface area contributed by atoms with Crippen LogP contribution in [0.2, 0.25) is 0 Å². The summed E-state index contributed by atoms with van der Waals surface area (Å²) in [4.78, 5) is 10.2. The second-order valence-electron chi connectivity index (χ2n) is 2.16. The van der Waals surface area contributed by atoms with E-state index in [0.717, 1.165) is 0 Å². The van der Waals surface area contributed by atoms with Crippen molar-refractivity contribution in [2.45, 2.75) is 6.10 Å². The zero-order valence-corrected chi connectivity index (χ0v) is 7.15. The van der Waals surface area contributed by atoms with Crippen LogP contribution in [0.1, 0.15) is 11.8 Å². The molecule has 6 heteroatoms. The summed E-state index contributed by atoms with van der Waals surface area (Å²) in [6.45, 7) is 0. The molecule has 0 amide bonds. The van der Waals surface area contributed by atoms with E-state index in [1.165, 1.54) is 10.7 Å². The van der Waals surface area contributed by atoms with E-state index in [2.05, 4.69) is 5.10 Å². The third kappa shape index (κ3) is 2.21. The van der Waals surface area contributed by atoms with Crippen LogP contribution in [-0.2, 0) is 11.8 Å². The number of aliphatic hydroxyl groups excluding tert-OH is 1. The molecule has 0 radical (unpaired) electrons. The molecular weight excluding hydrogens is 184 g/mol. The van der Waals surface area contributed by atoms with Gasteiger partial charge in [-0.05, 0) is 6.07 Å². The quantitative estimate of drug-likeness (QED) is 0.690. The second kappa shape index (κ2) is 4.08. The van der Waals surface area contributed by atoms with Gasteiger partial charge in [-0.25, -0.2) is 4.79 Å². The summed E-state index contributed by atoms with van der Waals surface area (Å²) in [6.07, 6.45) is 0.0535. The van der Waals surface area contributed by atoms with Crippen LogP contribution in [0.5, 0.6) is 0 Å². The molecule has 0 aliphatic rings. The zero-order valence-electron chi connectivity index (χ0n) is 6.34. The first-order valence-corrected chi connectivity index (χ1v) is 3.01. The minimum absolute atomic E-state index is 0. The van der Waals surface area contributed by atoms with Crippen molar-refractivity contribution in [2.75, 3.05) is 0 Å². The monoisotopic (exact) mass is 192 g/mol. The highest BCUT2D eigenvalue weighted by Gasteiger charge is 2.17. The summed E-state index contributed by atoms with van der Waals surface area (Å²) in [5, 5.41) is 21.0. The maximum atomic E-state index is 10.2. The minimum atomic E-state index is -1.52. The topological polar surface area (TPSA) is 75.4 Å². The first-order valence-electron chi connectivity index (χ1n) is 3.01. The van der Waals surface area contributed by atoms with Crippen molar-refractivity contribution >= 4 is 18.4 Å². The third-order valence-electron chi connectivity index (χ3n) is 1.25. The van der Waals surface area contributed by atoms with Gasteiger partial charge in [0.1, 0.15) is 5.69 Å². The summed E-state index contributed by atoms with van der Waals surface area (Å²) in [6, 6.07) is 1.46. The lowest BCUT2D eigenvalue weighted by atomic mass is 10.3. The van der Waals surface area contributed by atoms with E-state index in [4.69, 9.17) is 10.2 Å². The van der Waals surface area contributed by atoms with E-state index in [9.17, 15) is 4.79 Å². The highest BCUT2D eigenvalue weighted by molar-refractivity contribution is 5.85. The number of carbonyl (C=O) groups is 1. The van der Waals surface area contributed by atoms with Crippen LogP contribution < -0.4 is 0 Å². The molecule has 0 fully saturated rings. The second-order valence-corrected chi connectivity index (χ2v) is 2.16. The van der Waals surface area contributed by atoms with Crippen molar-refractivity contribution in [3.8, 4) is 0 Å². The molecule has 0 aliphatic heterocycles. The molecule has 0 saturated heterocycles. The molecule has 0 saturated carbocycles. The standard InChI is InChI=1S/C6H8N2O3.ClH/c1-8-3-2-4(7-8)5(9)6(10)11;/h2-3,5,9H,1H3,(H,10,11);1H. The summed E-state index contributed by atoms with van der Waals surface area (Å²) in [5.41, 5.74) is 0.153. The van der Waals surface area contributed by atoms with E-state index < -0.39 is 12.1 Å². The van der Waals surface area contributed by atoms with Gasteiger partial charge < -0.3 is 10.2 Å². The van der Waals surface area contributed by atoms with E-state index >= 15 is 0 Å². The average molecular weight is 193 g/mol. The SMILES string of the molecule is Cl.Cn1ccc(C(O)C(=O)O)n1. The highest BCUT2D eigenvalue weighted by Crippen LogP contribution is 2.08. The Morgan fingerprint density at radius 2 is 2.33 bits per heavy atom. The van der Waals surface area contributed by atoms with Gasteiger partial charge in [0.15, 0.2) is 6.10 Å². The smallest absolute Gasteiger partial charge is 0.338 e. The zero-order chi connectivity index (χ0) is 8.43. The predicted octanol–water partition coefficient (Wildman–Crippen LogP) is -0.0401. The Balaban J connectivity index is 0.00000121. The first kappa shape index (κ1) is 10.9. The normalized spacial score (nSPS) is 11.8. The summed E-state index contributed by atoms with van der Waals surface area (Å²) < 4.78 is 1.43. The molecule has 1 aromatic heterocycles. The molecule has 0 spiro atoms. The molecule has 12 heavy (non-hydrogen) atoms. The van der Waals surface area contributed by atoms with Crippen molar-refractivity contribution < 1.29 is 15.0 Å². The van der Waals surface area contributed by atoms with Gasteiger partial charge in [-0.3, -0.25) is 4.68 Å². The van der Waals surface area contributed by atoms with Crippen LogP contribution in [-0.4, -0.2) is 26.0 Å². The van der Waals surface area contributed by atoms with Crippen LogP contribution in [0.15, 0.2) is 12.3 Å². The molecule has 5 nitrogen and oxygen atoms in total. The average Bonchev–Trinajstić information content (AvgIpc) is 2.34. The van der Waals surface area contributed by atoms with Crippen molar-refractivity contribution in [1.29, 1.82) is 0 Å². The molecule has 1 rings (SSSR count). The minimum Gasteiger partial charge on any atom is -0.479 e. The van der Waals surface area contributed by atoms with Gasteiger partial charge in [-0.15, -0.1) is 12.4 Å². The van der Waals surface area contributed by atoms with Crippen molar-refractivity contribution in [3.63, 3.8) is 0 Å². The van der Waals surface area contributed by atoms with Gasteiger partial charge in [0.05, 0.1) is 0 Å². The summed E-state index contributed by atoms with van der Waals surface area (Å²) in [5.74, 6) is -1.29. The lowest BCUT2D eigenvalue weighted by molar-refractivity contribution is -0.147. The molecule has 68 valence electrons. The van der Waals surface area contributed by atoms with Crippen LogP contribution in [0.4, 0.5) is 0 Å².